The summed E-state index contributed by atoms with van der Waals surface area (Å²) >= 11 is 5.75. The Balaban J connectivity index is 2.88. The average molecular weight is 212 g/mol. The molecule has 0 fully saturated rings. The summed E-state index contributed by atoms with van der Waals surface area (Å²) in [7, 11) is 1.71. The zero-order valence-electron chi connectivity index (χ0n) is 7.27. The van der Waals surface area contributed by atoms with Gasteiger partial charge in [0.15, 0.2) is 0 Å². The van der Waals surface area contributed by atoms with Crippen molar-refractivity contribution in [3.05, 3.63) is 33.5 Å². The SMILES string of the molecule is Cn1ncc2c([N+](=O)[O-])cc(Cl)cc21. The Labute approximate surface area is 84.0 Å². The number of nitrogens with zero attached hydrogens (tertiary/aromatic N) is 3. The van der Waals surface area contributed by atoms with Gasteiger partial charge in [-0.1, -0.05) is 11.6 Å². The molecular formula is C8H6ClN3O2. The molecule has 6 heteroatoms. The number of rotatable bonds is 1. The van der Waals surface area contributed by atoms with Gasteiger partial charge < -0.3 is 0 Å². The molecule has 14 heavy (non-hydrogen) atoms. The molecule has 0 aliphatic rings. The van der Waals surface area contributed by atoms with Crippen LogP contribution in [0.25, 0.3) is 10.9 Å². The molecule has 0 aliphatic carbocycles. The highest BCUT2D eigenvalue weighted by molar-refractivity contribution is 6.31. The quantitative estimate of drug-likeness (QED) is 0.536. The van der Waals surface area contributed by atoms with E-state index in [9.17, 15) is 10.1 Å². The monoisotopic (exact) mass is 211 g/mol. The molecule has 0 saturated heterocycles. The first-order valence-corrected chi connectivity index (χ1v) is 4.23. The second-order valence-corrected chi connectivity index (χ2v) is 3.32. The van der Waals surface area contributed by atoms with Crippen molar-refractivity contribution in [2.45, 2.75) is 0 Å². The number of fused-ring (bicyclic) bond motifs is 1. The van der Waals surface area contributed by atoms with Gasteiger partial charge in [0.2, 0.25) is 0 Å². The topological polar surface area (TPSA) is 61.0 Å². The summed E-state index contributed by atoms with van der Waals surface area (Å²) < 4.78 is 1.55. The van der Waals surface area contributed by atoms with E-state index >= 15 is 0 Å². The van der Waals surface area contributed by atoms with Crippen LogP contribution in [0.5, 0.6) is 0 Å². The highest BCUT2D eigenvalue weighted by Gasteiger charge is 2.15. The van der Waals surface area contributed by atoms with E-state index in [4.69, 9.17) is 11.6 Å². The maximum Gasteiger partial charge on any atom is 0.281 e. The number of aryl methyl sites for hydroxylation is 1. The van der Waals surface area contributed by atoms with Crippen molar-refractivity contribution in [3.8, 4) is 0 Å². The van der Waals surface area contributed by atoms with Crippen molar-refractivity contribution in [1.29, 1.82) is 0 Å². The average Bonchev–Trinajstić information content (AvgIpc) is 2.47. The maximum atomic E-state index is 10.7. The lowest BCUT2D eigenvalue weighted by atomic mass is 10.2. The maximum absolute atomic E-state index is 10.7. The summed E-state index contributed by atoms with van der Waals surface area (Å²) in [5.74, 6) is 0. The molecule has 0 amide bonds. The van der Waals surface area contributed by atoms with Crippen molar-refractivity contribution in [3.63, 3.8) is 0 Å². The molecule has 1 heterocycles. The fourth-order valence-electron chi connectivity index (χ4n) is 1.35. The molecule has 0 unspecified atom stereocenters. The van der Waals surface area contributed by atoms with Gasteiger partial charge >= 0.3 is 0 Å². The van der Waals surface area contributed by atoms with Gasteiger partial charge in [-0.3, -0.25) is 14.8 Å². The first-order valence-electron chi connectivity index (χ1n) is 3.85. The number of hydrogen-bond acceptors (Lipinski definition) is 3. The highest BCUT2D eigenvalue weighted by Crippen LogP contribution is 2.28. The van der Waals surface area contributed by atoms with Crippen LogP contribution in [-0.2, 0) is 7.05 Å². The van der Waals surface area contributed by atoms with Gasteiger partial charge in [0.25, 0.3) is 5.69 Å². The van der Waals surface area contributed by atoms with Gasteiger partial charge in [0, 0.05) is 18.1 Å². The Bertz CT molecular complexity index is 521. The summed E-state index contributed by atoms with van der Waals surface area (Å²) in [5, 5.41) is 15.5. The Morgan fingerprint density at radius 1 is 1.57 bits per heavy atom. The van der Waals surface area contributed by atoms with Crippen LogP contribution in [-0.4, -0.2) is 14.7 Å². The van der Waals surface area contributed by atoms with Gasteiger partial charge in [-0.2, -0.15) is 5.10 Å². The van der Waals surface area contributed by atoms with Crippen LogP contribution in [0.15, 0.2) is 18.3 Å². The first-order chi connectivity index (χ1) is 6.59. The van der Waals surface area contributed by atoms with E-state index in [0.29, 0.717) is 15.9 Å². The Morgan fingerprint density at radius 3 is 2.93 bits per heavy atom. The summed E-state index contributed by atoms with van der Waals surface area (Å²) in [6, 6.07) is 2.97. The molecular weight excluding hydrogens is 206 g/mol. The molecule has 0 saturated carbocycles. The van der Waals surface area contributed by atoms with Crippen LogP contribution in [0.4, 0.5) is 5.69 Å². The summed E-state index contributed by atoms with van der Waals surface area (Å²) in [6.07, 6.45) is 1.46. The molecule has 0 aliphatic heterocycles. The van der Waals surface area contributed by atoms with Gasteiger partial charge in [-0.15, -0.1) is 0 Å². The van der Waals surface area contributed by atoms with Crippen molar-refractivity contribution in [1.82, 2.24) is 9.78 Å². The third-order valence-corrected chi connectivity index (χ3v) is 2.22. The Kier molecular flexibility index (Phi) is 1.89. The third-order valence-electron chi connectivity index (χ3n) is 2.01. The van der Waals surface area contributed by atoms with Crippen LogP contribution in [0.1, 0.15) is 0 Å². The zero-order valence-corrected chi connectivity index (χ0v) is 8.02. The van der Waals surface area contributed by atoms with Crippen LogP contribution in [0, 0.1) is 10.1 Å². The minimum Gasteiger partial charge on any atom is -0.268 e. The lowest BCUT2D eigenvalue weighted by Crippen LogP contribution is -1.91. The summed E-state index contributed by atoms with van der Waals surface area (Å²) in [5.41, 5.74) is 0.643. The van der Waals surface area contributed by atoms with Gasteiger partial charge in [0.1, 0.15) is 0 Å². The van der Waals surface area contributed by atoms with E-state index in [1.165, 1.54) is 12.3 Å². The van der Waals surface area contributed by atoms with Crippen molar-refractivity contribution in [2.75, 3.05) is 0 Å². The highest BCUT2D eigenvalue weighted by atomic mass is 35.5. The zero-order chi connectivity index (χ0) is 10.3. The predicted molar refractivity (Wildman–Crippen MR) is 52.4 cm³/mol. The summed E-state index contributed by atoms with van der Waals surface area (Å²) in [6.45, 7) is 0. The van der Waals surface area contributed by atoms with Crippen LogP contribution >= 0.6 is 11.6 Å². The molecule has 2 aromatic rings. The largest absolute Gasteiger partial charge is 0.281 e. The number of nitro groups is 1. The van der Waals surface area contributed by atoms with E-state index in [2.05, 4.69) is 5.10 Å². The number of nitro benzene ring substituents is 1. The van der Waals surface area contributed by atoms with Crippen molar-refractivity contribution in [2.24, 2.45) is 7.05 Å². The Morgan fingerprint density at radius 2 is 2.29 bits per heavy atom. The molecule has 0 N–H and O–H groups in total. The molecule has 0 bridgehead atoms. The van der Waals surface area contributed by atoms with Crippen molar-refractivity contribution >= 4 is 28.2 Å². The minimum absolute atomic E-state index is 0.0133. The summed E-state index contributed by atoms with van der Waals surface area (Å²) in [4.78, 5) is 10.2. The third kappa shape index (κ3) is 1.22. The van der Waals surface area contributed by atoms with E-state index in [1.807, 2.05) is 0 Å². The smallest absolute Gasteiger partial charge is 0.268 e. The number of non-ortho nitro benzene ring substituents is 1. The second kappa shape index (κ2) is 2.95. The van der Waals surface area contributed by atoms with Crippen LogP contribution < -0.4 is 0 Å². The lowest BCUT2D eigenvalue weighted by Gasteiger charge is -1.96. The van der Waals surface area contributed by atoms with Crippen molar-refractivity contribution < 1.29 is 4.92 Å². The first kappa shape index (κ1) is 8.96. The molecule has 1 aromatic carbocycles. The molecule has 72 valence electrons. The predicted octanol–water partition coefficient (Wildman–Crippen LogP) is 2.13. The van der Waals surface area contributed by atoms with Crippen LogP contribution in [0.3, 0.4) is 0 Å². The fourth-order valence-corrected chi connectivity index (χ4v) is 1.55. The molecule has 0 atom stereocenters. The van der Waals surface area contributed by atoms with E-state index in [1.54, 1.807) is 17.8 Å². The van der Waals surface area contributed by atoms with Gasteiger partial charge in [-0.25, -0.2) is 0 Å². The molecule has 5 nitrogen and oxygen atoms in total. The number of hydrogen-bond donors (Lipinski definition) is 0. The molecule has 0 spiro atoms. The number of benzene rings is 1. The van der Waals surface area contributed by atoms with Gasteiger partial charge in [0.05, 0.1) is 22.0 Å². The van der Waals surface area contributed by atoms with E-state index < -0.39 is 4.92 Å². The number of halogens is 1. The Hall–Kier alpha value is -1.62. The fraction of sp³-hybridized carbons (Fsp3) is 0.125. The standard InChI is InChI=1S/C8H6ClN3O2/c1-11-7-2-5(9)3-8(12(13)14)6(7)4-10-11/h2-4H,1H3. The van der Waals surface area contributed by atoms with E-state index in [-0.39, 0.29) is 5.69 Å². The second-order valence-electron chi connectivity index (χ2n) is 2.88. The van der Waals surface area contributed by atoms with Crippen LogP contribution in [0.2, 0.25) is 5.02 Å². The normalized spacial score (nSPS) is 10.7. The lowest BCUT2D eigenvalue weighted by molar-refractivity contribution is -0.383. The van der Waals surface area contributed by atoms with Gasteiger partial charge in [-0.05, 0) is 6.07 Å². The molecule has 0 radical (unpaired) electrons. The van der Waals surface area contributed by atoms with E-state index in [0.717, 1.165) is 0 Å². The minimum atomic E-state index is -0.462. The molecule has 1 aromatic heterocycles. The number of aromatic nitrogens is 2. The molecule has 2 rings (SSSR count).